The standard InChI is InChI=1S/C19H25FN4O/c1-3-24(4-2)18-10-9-15(13-22-18)14-23-19(25)21-12-11-16-7-5-6-8-17(16)20/h5-10,13H,3-4,11-12,14H2,1-2H3,(H2,21,23,25). The van der Waals surface area contributed by atoms with Crippen LogP contribution in [0.2, 0.25) is 0 Å². The minimum Gasteiger partial charge on any atom is -0.357 e. The van der Waals surface area contributed by atoms with E-state index in [1.165, 1.54) is 6.07 Å². The van der Waals surface area contributed by atoms with Crippen molar-refractivity contribution in [3.05, 3.63) is 59.5 Å². The van der Waals surface area contributed by atoms with E-state index in [1.54, 1.807) is 24.4 Å². The highest BCUT2D eigenvalue weighted by atomic mass is 19.1. The largest absolute Gasteiger partial charge is 0.357 e. The van der Waals surface area contributed by atoms with Crippen LogP contribution < -0.4 is 15.5 Å². The lowest BCUT2D eigenvalue weighted by atomic mass is 10.1. The second kappa shape index (κ2) is 9.61. The Morgan fingerprint density at radius 2 is 1.88 bits per heavy atom. The van der Waals surface area contributed by atoms with Crippen LogP contribution in [0.3, 0.4) is 0 Å². The highest BCUT2D eigenvalue weighted by Gasteiger charge is 2.05. The molecule has 0 saturated carbocycles. The van der Waals surface area contributed by atoms with Crippen LogP contribution >= 0.6 is 0 Å². The zero-order valence-corrected chi connectivity index (χ0v) is 14.8. The zero-order chi connectivity index (χ0) is 18.1. The third-order valence-corrected chi connectivity index (χ3v) is 3.99. The van der Waals surface area contributed by atoms with Gasteiger partial charge in [0.1, 0.15) is 11.6 Å². The van der Waals surface area contributed by atoms with Crippen LogP contribution in [0, 0.1) is 5.82 Å². The van der Waals surface area contributed by atoms with E-state index in [0.717, 1.165) is 24.5 Å². The molecule has 0 fully saturated rings. The Hall–Kier alpha value is -2.63. The van der Waals surface area contributed by atoms with Gasteiger partial charge in [0.15, 0.2) is 0 Å². The summed E-state index contributed by atoms with van der Waals surface area (Å²) in [6, 6.07) is 10.2. The predicted octanol–water partition coefficient (Wildman–Crippen LogP) is 3.11. The smallest absolute Gasteiger partial charge is 0.315 e. The number of aromatic nitrogens is 1. The summed E-state index contributed by atoms with van der Waals surface area (Å²) in [5.41, 5.74) is 1.53. The number of urea groups is 1. The molecule has 2 rings (SSSR count). The molecule has 1 aromatic heterocycles. The van der Waals surface area contributed by atoms with Crippen LogP contribution in [-0.2, 0) is 13.0 Å². The van der Waals surface area contributed by atoms with Crippen molar-refractivity contribution in [1.82, 2.24) is 15.6 Å². The molecule has 2 aromatic rings. The van der Waals surface area contributed by atoms with Gasteiger partial charge in [-0.1, -0.05) is 24.3 Å². The van der Waals surface area contributed by atoms with E-state index in [9.17, 15) is 9.18 Å². The van der Waals surface area contributed by atoms with Crippen LogP contribution in [0.15, 0.2) is 42.6 Å². The summed E-state index contributed by atoms with van der Waals surface area (Å²) in [7, 11) is 0. The summed E-state index contributed by atoms with van der Waals surface area (Å²) >= 11 is 0. The highest BCUT2D eigenvalue weighted by molar-refractivity contribution is 5.73. The lowest BCUT2D eigenvalue weighted by Crippen LogP contribution is -2.36. The van der Waals surface area contributed by atoms with Crippen molar-refractivity contribution in [3.8, 4) is 0 Å². The lowest BCUT2D eigenvalue weighted by Gasteiger charge is -2.19. The molecule has 0 spiro atoms. The molecule has 0 atom stereocenters. The monoisotopic (exact) mass is 344 g/mol. The first kappa shape index (κ1) is 18.7. The SMILES string of the molecule is CCN(CC)c1ccc(CNC(=O)NCCc2ccccc2F)cn1. The molecule has 0 aliphatic rings. The number of pyridine rings is 1. The van der Waals surface area contributed by atoms with Gasteiger partial charge >= 0.3 is 6.03 Å². The molecule has 0 saturated heterocycles. The number of rotatable bonds is 8. The molecule has 6 heteroatoms. The molecule has 5 nitrogen and oxygen atoms in total. The maximum Gasteiger partial charge on any atom is 0.315 e. The molecule has 0 aliphatic heterocycles. The van der Waals surface area contributed by atoms with Crippen molar-refractivity contribution < 1.29 is 9.18 Å². The average molecular weight is 344 g/mol. The first-order valence-corrected chi connectivity index (χ1v) is 8.59. The minimum atomic E-state index is -0.274. The summed E-state index contributed by atoms with van der Waals surface area (Å²) in [5.74, 6) is 0.687. The van der Waals surface area contributed by atoms with Crippen molar-refractivity contribution >= 4 is 11.8 Å². The molecule has 1 aromatic carbocycles. The molecular formula is C19H25FN4O. The highest BCUT2D eigenvalue weighted by Crippen LogP contribution is 2.10. The topological polar surface area (TPSA) is 57.3 Å². The third-order valence-electron chi connectivity index (χ3n) is 3.99. The Kier molecular flexibility index (Phi) is 7.19. The maximum absolute atomic E-state index is 13.5. The molecule has 2 amide bonds. The molecule has 0 radical (unpaired) electrons. The number of carbonyl (C=O) groups is 1. The number of amides is 2. The van der Waals surface area contributed by atoms with Gasteiger partial charge in [-0.05, 0) is 43.5 Å². The fourth-order valence-corrected chi connectivity index (χ4v) is 2.51. The Labute approximate surface area is 148 Å². The zero-order valence-electron chi connectivity index (χ0n) is 14.8. The second-order valence-corrected chi connectivity index (χ2v) is 5.65. The van der Waals surface area contributed by atoms with Crippen molar-refractivity contribution in [2.75, 3.05) is 24.5 Å². The molecule has 0 bridgehead atoms. The van der Waals surface area contributed by atoms with Gasteiger partial charge in [0, 0.05) is 32.4 Å². The van der Waals surface area contributed by atoms with Crippen molar-refractivity contribution in [2.45, 2.75) is 26.8 Å². The van der Waals surface area contributed by atoms with E-state index >= 15 is 0 Å². The second-order valence-electron chi connectivity index (χ2n) is 5.65. The van der Waals surface area contributed by atoms with Gasteiger partial charge in [-0.15, -0.1) is 0 Å². The first-order chi connectivity index (χ1) is 12.1. The molecule has 0 aliphatic carbocycles. The van der Waals surface area contributed by atoms with Gasteiger partial charge in [0.2, 0.25) is 0 Å². The van der Waals surface area contributed by atoms with Gasteiger partial charge in [0.05, 0.1) is 0 Å². The summed E-state index contributed by atoms with van der Waals surface area (Å²) in [4.78, 5) is 18.4. The quantitative estimate of drug-likeness (QED) is 0.774. The molecule has 2 N–H and O–H groups in total. The van der Waals surface area contributed by atoms with E-state index in [4.69, 9.17) is 0 Å². The van der Waals surface area contributed by atoms with Gasteiger partial charge in [-0.25, -0.2) is 14.2 Å². The Bertz CT molecular complexity index is 671. The van der Waals surface area contributed by atoms with Gasteiger partial charge in [-0.2, -0.15) is 0 Å². The summed E-state index contributed by atoms with van der Waals surface area (Å²) in [5, 5.41) is 5.51. The molecule has 1 heterocycles. The van der Waals surface area contributed by atoms with Crippen LogP contribution in [0.1, 0.15) is 25.0 Å². The number of nitrogens with one attached hydrogen (secondary N) is 2. The van der Waals surface area contributed by atoms with Gasteiger partial charge < -0.3 is 15.5 Å². The fourth-order valence-electron chi connectivity index (χ4n) is 2.51. The lowest BCUT2D eigenvalue weighted by molar-refractivity contribution is 0.240. The van der Waals surface area contributed by atoms with Gasteiger partial charge in [-0.3, -0.25) is 0 Å². The average Bonchev–Trinajstić information content (AvgIpc) is 2.63. The predicted molar refractivity (Wildman–Crippen MR) is 98.1 cm³/mol. The van der Waals surface area contributed by atoms with E-state index in [0.29, 0.717) is 25.1 Å². The summed E-state index contributed by atoms with van der Waals surface area (Å²) in [6.45, 7) is 6.78. The number of hydrogen-bond donors (Lipinski definition) is 2. The number of hydrogen-bond acceptors (Lipinski definition) is 3. The van der Waals surface area contributed by atoms with E-state index in [2.05, 4.69) is 34.4 Å². The first-order valence-electron chi connectivity index (χ1n) is 8.59. The Morgan fingerprint density at radius 1 is 1.12 bits per heavy atom. The number of carbonyl (C=O) groups excluding carboxylic acids is 1. The molecule has 25 heavy (non-hydrogen) atoms. The number of nitrogens with zero attached hydrogens (tertiary/aromatic N) is 2. The van der Waals surface area contributed by atoms with Gasteiger partial charge in [0.25, 0.3) is 0 Å². The number of benzene rings is 1. The maximum atomic E-state index is 13.5. The minimum absolute atomic E-state index is 0.246. The molecule has 134 valence electrons. The summed E-state index contributed by atoms with van der Waals surface area (Å²) < 4.78 is 13.5. The molecular weight excluding hydrogens is 319 g/mol. The summed E-state index contributed by atoms with van der Waals surface area (Å²) in [6.07, 6.45) is 2.23. The van der Waals surface area contributed by atoms with E-state index in [-0.39, 0.29) is 11.8 Å². The Morgan fingerprint density at radius 3 is 2.52 bits per heavy atom. The van der Waals surface area contributed by atoms with Crippen LogP contribution in [0.25, 0.3) is 0 Å². The molecule has 0 unspecified atom stereocenters. The fraction of sp³-hybridized carbons (Fsp3) is 0.368. The normalized spacial score (nSPS) is 10.4. The van der Waals surface area contributed by atoms with E-state index in [1.807, 2.05) is 12.1 Å². The number of anilines is 1. The van der Waals surface area contributed by atoms with Crippen molar-refractivity contribution in [3.63, 3.8) is 0 Å². The van der Waals surface area contributed by atoms with E-state index < -0.39 is 0 Å². The number of halogens is 1. The van der Waals surface area contributed by atoms with Crippen LogP contribution in [0.5, 0.6) is 0 Å². The van der Waals surface area contributed by atoms with Crippen LogP contribution in [-0.4, -0.2) is 30.6 Å². The third kappa shape index (κ3) is 5.74. The van der Waals surface area contributed by atoms with Crippen molar-refractivity contribution in [2.24, 2.45) is 0 Å². The Balaban J connectivity index is 1.73. The van der Waals surface area contributed by atoms with Crippen LogP contribution in [0.4, 0.5) is 15.0 Å². The van der Waals surface area contributed by atoms with Crippen molar-refractivity contribution in [1.29, 1.82) is 0 Å².